The molecule has 0 aromatic heterocycles. The predicted octanol–water partition coefficient (Wildman–Crippen LogP) is 15.8. The van der Waals surface area contributed by atoms with Crippen molar-refractivity contribution in [3.05, 3.63) is 65.3 Å². The van der Waals surface area contributed by atoms with Crippen LogP contribution < -0.4 is 0 Å². The molecule has 0 aliphatic heterocycles. The number of fused-ring (bicyclic) bond motifs is 2. The molecule has 5 rings (SSSR count). The second kappa shape index (κ2) is 28.9. The molecular formula is C44H82. The molecule has 0 radical (unpaired) electrons. The number of allylic oxidation sites excluding steroid dienone is 6. The van der Waals surface area contributed by atoms with Crippen LogP contribution in [-0.4, -0.2) is 0 Å². The molecule has 0 N–H and O–H groups in total. The summed E-state index contributed by atoms with van der Waals surface area (Å²) in [5, 5.41) is 0. The summed E-state index contributed by atoms with van der Waals surface area (Å²) in [6.07, 6.45) is 24.7. The van der Waals surface area contributed by atoms with Crippen LogP contribution in [0.25, 0.3) is 5.57 Å². The summed E-state index contributed by atoms with van der Waals surface area (Å²) < 4.78 is 0. The fourth-order valence-electron chi connectivity index (χ4n) is 7.06. The first kappa shape index (κ1) is 46.9. The minimum Gasteiger partial charge on any atom is -0.0882 e. The first-order chi connectivity index (χ1) is 21.5. The van der Waals surface area contributed by atoms with Gasteiger partial charge in [0.05, 0.1) is 0 Å². The lowest BCUT2D eigenvalue weighted by Gasteiger charge is -2.39. The average molecular weight is 611 g/mol. The Hall–Kier alpha value is -1.56. The zero-order valence-electron chi connectivity index (χ0n) is 33.4. The van der Waals surface area contributed by atoms with Gasteiger partial charge in [0.15, 0.2) is 0 Å². The first-order valence-corrected chi connectivity index (χ1v) is 19.7. The molecule has 1 aromatic rings. The van der Waals surface area contributed by atoms with Crippen LogP contribution in [0.15, 0.2) is 48.6 Å². The highest BCUT2D eigenvalue weighted by molar-refractivity contribution is 5.72. The van der Waals surface area contributed by atoms with E-state index in [-0.39, 0.29) is 5.41 Å². The number of hydrogen-bond donors (Lipinski definition) is 0. The molecule has 5 atom stereocenters. The summed E-state index contributed by atoms with van der Waals surface area (Å²) in [6, 6.07) is 7.29. The monoisotopic (exact) mass is 611 g/mol. The van der Waals surface area contributed by atoms with Crippen LogP contribution in [0.2, 0.25) is 0 Å². The minimum absolute atomic E-state index is 0.186. The summed E-state index contributed by atoms with van der Waals surface area (Å²) in [4.78, 5) is 0. The molecule has 0 spiro atoms. The van der Waals surface area contributed by atoms with Crippen LogP contribution in [0.4, 0.5) is 0 Å². The second-order valence-electron chi connectivity index (χ2n) is 11.5. The van der Waals surface area contributed by atoms with Crippen LogP contribution in [0, 0.1) is 23.7 Å². The van der Waals surface area contributed by atoms with Crippen molar-refractivity contribution in [1.82, 2.24) is 0 Å². The number of rotatable bonds is 2. The number of hydrogen-bond acceptors (Lipinski definition) is 0. The topological polar surface area (TPSA) is 0 Å². The second-order valence-corrected chi connectivity index (χ2v) is 11.5. The summed E-state index contributed by atoms with van der Waals surface area (Å²) in [5.74, 6) is 4.05. The van der Waals surface area contributed by atoms with E-state index in [1.807, 2.05) is 96.9 Å². The summed E-state index contributed by atoms with van der Waals surface area (Å²) in [5.41, 5.74) is 6.70. The van der Waals surface area contributed by atoms with Crippen LogP contribution >= 0.6 is 0 Å². The van der Waals surface area contributed by atoms with E-state index in [2.05, 4.69) is 69.4 Å². The molecule has 1 aromatic carbocycles. The summed E-state index contributed by atoms with van der Waals surface area (Å²) in [6.45, 7) is 35.3. The van der Waals surface area contributed by atoms with Gasteiger partial charge in [-0.15, -0.1) is 0 Å². The smallest absolute Gasteiger partial charge is 0.00189 e. The Labute approximate surface area is 280 Å². The highest BCUT2D eigenvalue weighted by Crippen LogP contribution is 2.48. The first-order valence-electron chi connectivity index (χ1n) is 19.7. The fraction of sp³-hybridized carbons (Fsp3) is 0.727. The Bertz CT molecular complexity index is 859. The zero-order valence-corrected chi connectivity index (χ0v) is 33.4. The van der Waals surface area contributed by atoms with E-state index in [0.717, 1.165) is 23.7 Å². The van der Waals surface area contributed by atoms with Gasteiger partial charge in [-0.3, -0.25) is 0 Å². The Morgan fingerprint density at radius 1 is 0.591 bits per heavy atom. The SMILES string of the molecule is CC.CC.CC.CC.CC.CC.CC.CC(C)(C)c1c(C2=CC3C=CCC[C@@H]3CC2)cccc1[C@@H]1CC[C@@H]2CCC=CC2C1. The molecule has 1 fully saturated rings. The molecule has 2 unspecified atom stereocenters. The van der Waals surface area contributed by atoms with Gasteiger partial charge in [0.2, 0.25) is 0 Å². The lowest BCUT2D eigenvalue weighted by atomic mass is 9.65. The Kier molecular flexibility index (Phi) is 30.8. The van der Waals surface area contributed by atoms with Gasteiger partial charge in [-0.1, -0.05) is 166 Å². The molecule has 258 valence electrons. The van der Waals surface area contributed by atoms with Crippen molar-refractivity contribution in [3.8, 4) is 0 Å². The van der Waals surface area contributed by atoms with E-state index < -0.39 is 0 Å². The highest BCUT2D eigenvalue weighted by Gasteiger charge is 2.35. The summed E-state index contributed by atoms with van der Waals surface area (Å²) in [7, 11) is 0. The zero-order chi connectivity index (χ0) is 34.7. The third kappa shape index (κ3) is 14.3. The van der Waals surface area contributed by atoms with Gasteiger partial charge >= 0.3 is 0 Å². The van der Waals surface area contributed by atoms with Crippen molar-refractivity contribution in [3.63, 3.8) is 0 Å². The van der Waals surface area contributed by atoms with E-state index in [9.17, 15) is 0 Å². The van der Waals surface area contributed by atoms with E-state index in [4.69, 9.17) is 0 Å². The molecule has 44 heavy (non-hydrogen) atoms. The van der Waals surface area contributed by atoms with Crippen molar-refractivity contribution in [2.24, 2.45) is 23.7 Å². The van der Waals surface area contributed by atoms with E-state index in [1.165, 1.54) is 57.8 Å². The molecule has 0 saturated heterocycles. The normalized spacial score (nSPS) is 23.8. The maximum absolute atomic E-state index is 2.64. The molecule has 4 aliphatic carbocycles. The van der Waals surface area contributed by atoms with Crippen molar-refractivity contribution in [2.45, 2.75) is 187 Å². The Morgan fingerprint density at radius 3 is 1.70 bits per heavy atom. The Morgan fingerprint density at radius 2 is 1.14 bits per heavy atom. The van der Waals surface area contributed by atoms with Gasteiger partial charge < -0.3 is 0 Å². The highest BCUT2D eigenvalue weighted by atomic mass is 14.4. The van der Waals surface area contributed by atoms with E-state index in [0.29, 0.717) is 5.92 Å². The summed E-state index contributed by atoms with van der Waals surface area (Å²) >= 11 is 0. The van der Waals surface area contributed by atoms with Gasteiger partial charge in [0.25, 0.3) is 0 Å². The maximum atomic E-state index is 2.64. The maximum Gasteiger partial charge on any atom is -0.00189 e. The van der Waals surface area contributed by atoms with Gasteiger partial charge in [0.1, 0.15) is 0 Å². The van der Waals surface area contributed by atoms with Gasteiger partial charge in [0, 0.05) is 0 Å². The predicted molar refractivity (Wildman–Crippen MR) is 209 cm³/mol. The molecule has 0 heteroatoms. The van der Waals surface area contributed by atoms with Crippen LogP contribution in [0.1, 0.15) is 198 Å². The third-order valence-corrected chi connectivity index (χ3v) is 8.55. The molecular weight excluding hydrogens is 528 g/mol. The van der Waals surface area contributed by atoms with E-state index in [1.54, 1.807) is 22.3 Å². The molecule has 0 nitrogen and oxygen atoms in total. The molecule has 0 heterocycles. The van der Waals surface area contributed by atoms with Crippen LogP contribution in [-0.2, 0) is 5.41 Å². The molecule has 1 saturated carbocycles. The van der Waals surface area contributed by atoms with Crippen molar-refractivity contribution in [1.29, 1.82) is 0 Å². The lowest BCUT2D eigenvalue weighted by molar-refractivity contribution is 0.235. The largest absolute Gasteiger partial charge is 0.0882 e. The third-order valence-electron chi connectivity index (χ3n) is 8.55. The van der Waals surface area contributed by atoms with Gasteiger partial charge in [-0.2, -0.15) is 0 Å². The fourth-order valence-corrected chi connectivity index (χ4v) is 7.06. The van der Waals surface area contributed by atoms with Crippen molar-refractivity contribution >= 4 is 5.57 Å². The average Bonchev–Trinajstić information content (AvgIpc) is 3.13. The molecule has 0 bridgehead atoms. The van der Waals surface area contributed by atoms with Gasteiger partial charge in [-0.05, 0) is 115 Å². The Balaban J connectivity index is -0.00000106. The molecule has 4 aliphatic rings. The quantitative estimate of drug-likeness (QED) is 0.292. The van der Waals surface area contributed by atoms with Crippen LogP contribution in [0.5, 0.6) is 0 Å². The van der Waals surface area contributed by atoms with Crippen molar-refractivity contribution < 1.29 is 0 Å². The van der Waals surface area contributed by atoms with Gasteiger partial charge in [-0.25, -0.2) is 0 Å². The molecule has 0 amide bonds. The van der Waals surface area contributed by atoms with Crippen LogP contribution in [0.3, 0.4) is 0 Å². The van der Waals surface area contributed by atoms with E-state index >= 15 is 0 Å². The lowest BCUT2D eigenvalue weighted by Crippen LogP contribution is -2.27. The number of benzene rings is 1. The standard InChI is InChI=1S/C30H40.7C2H6/c1-30(2,3)29-27(25-17-15-21-9-4-6-11-23(21)19-25)13-8-14-28(29)26-18-16-22-10-5-7-12-24(22)20-26;7*1-2/h6-8,11-14,19,21-24,26H,4-5,9-10,15-18,20H2,1-3H3;7*1-2H3/t21-,22+,23?,24?,26-;;;;;;;/m1......./s1. The van der Waals surface area contributed by atoms with Crippen molar-refractivity contribution in [2.75, 3.05) is 0 Å². The minimum atomic E-state index is 0.186.